The molecule has 1 atom stereocenters. The van der Waals surface area contributed by atoms with Gasteiger partial charge in [0.1, 0.15) is 11.6 Å². The van der Waals surface area contributed by atoms with E-state index in [1.807, 2.05) is 0 Å². The second-order valence-electron chi connectivity index (χ2n) is 4.64. The Bertz CT molecular complexity index is 565. The highest BCUT2D eigenvalue weighted by atomic mass is 79.9. The fraction of sp³-hybridized carbons (Fsp3) is 0.200. The summed E-state index contributed by atoms with van der Waals surface area (Å²) >= 11 is 9.29. The zero-order valence-electron chi connectivity index (χ0n) is 10.5. The molecule has 0 bridgehead atoms. The van der Waals surface area contributed by atoms with E-state index in [0.717, 1.165) is 11.1 Å². The first-order valence-corrected chi connectivity index (χ1v) is 7.26. The summed E-state index contributed by atoms with van der Waals surface area (Å²) in [5, 5.41) is 0.374. The molecule has 0 aromatic heterocycles. The fourth-order valence-electron chi connectivity index (χ4n) is 2.01. The van der Waals surface area contributed by atoms with Crippen LogP contribution in [-0.2, 0) is 12.8 Å². The van der Waals surface area contributed by atoms with Crippen LogP contribution in [0.1, 0.15) is 11.1 Å². The summed E-state index contributed by atoms with van der Waals surface area (Å²) in [6, 6.07) is 8.60. The second kappa shape index (κ2) is 6.66. The SMILES string of the molecule is NC(Cc1ccc(F)cc1Cl)Cc1ccc(F)cc1Br. The minimum atomic E-state index is -0.367. The van der Waals surface area contributed by atoms with E-state index in [1.165, 1.54) is 24.3 Å². The molecule has 0 saturated carbocycles. The molecule has 2 aromatic carbocycles. The van der Waals surface area contributed by atoms with Crippen LogP contribution in [0.2, 0.25) is 5.02 Å². The van der Waals surface area contributed by atoms with E-state index in [0.29, 0.717) is 22.3 Å². The average molecular weight is 361 g/mol. The third-order valence-corrected chi connectivity index (χ3v) is 4.08. The molecule has 5 heteroatoms. The van der Waals surface area contributed by atoms with Gasteiger partial charge in [-0.3, -0.25) is 0 Å². The van der Waals surface area contributed by atoms with Crippen molar-refractivity contribution >= 4 is 27.5 Å². The summed E-state index contributed by atoms with van der Waals surface area (Å²) in [7, 11) is 0. The summed E-state index contributed by atoms with van der Waals surface area (Å²) in [6.45, 7) is 0. The highest BCUT2D eigenvalue weighted by Crippen LogP contribution is 2.22. The van der Waals surface area contributed by atoms with Gasteiger partial charge in [0.05, 0.1) is 0 Å². The lowest BCUT2D eigenvalue weighted by molar-refractivity contribution is 0.619. The molecular weight excluding hydrogens is 348 g/mol. The quantitative estimate of drug-likeness (QED) is 0.854. The predicted molar refractivity (Wildman–Crippen MR) is 80.9 cm³/mol. The summed E-state index contributed by atoms with van der Waals surface area (Å²) in [5.74, 6) is -0.663. The molecular formula is C15H13BrClF2N. The van der Waals surface area contributed by atoms with Gasteiger partial charge in [-0.25, -0.2) is 8.78 Å². The molecule has 1 unspecified atom stereocenters. The average Bonchev–Trinajstić information content (AvgIpc) is 2.36. The number of hydrogen-bond acceptors (Lipinski definition) is 1. The molecule has 20 heavy (non-hydrogen) atoms. The highest BCUT2D eigenvalue weighted by molar-refractivity contribution is 9.10. The third kappa shape index (κ3) is 4.01. The van der Waals surface area contributed by atoms with Crippen molar-refractivity contribution in [2.24, 2.45) is 5.73 Å². The van der Waals surface area contributed by atoms with Gasteiger partial charge < -0.3 is 5.73 Å². The molecule has 106 valence electrons. The Kier molecular flexibility index (Phi) is 5.13. The van der Waals surface area contributed by atoms with Gasteiger partial charge in [0.2, 0.25) is 0 Å². The molecule has 2 rings (SSSR count). The van der Waals surface area contributed by atoms with Crippen LogP contribution in [0.4, 0.5) is 8.78 Å². The van der Waals surface area contributed by atoms with Crippen molar-refractivity contribution in [1.29, 1.82) is 0 Å². The van der Waals surface area contributed by atoms with Crippen LogP contribution < -0.4 is 5.73 Å². The molecule has 2 N–H and O–H groups in total. The fourth-order valence-corrected chi connectivity index (χ4v) is 2.77. The van der Waals surface area contributed by atoms with Crippen molar-refractivity contribution in [3.63, 3.8) is 0 Å². The first kappa shape index (κ1) is 15.4. The van der Waals surface area contributed by atoms with E-state index in [4.69, 9.17) is 17.3 Å². The van der Waals surface area contributed by atoms with Crippen molar-refractivity contribution in [3.8, 4) is 0 Å². The van der Waals surface area contributed by atoms with E-state index >= 15 is 0 Å². The molecule has 0 fully saturated rings. The van der Waals surface area contributed by atoms with E-state index in [-0.39, 0.29) is 17.7 Å². The minimum Gasteiger partial charge on any atom is -0.327 e. The lowest BCUT2D eigenvalue weighted by atomic mass is 9.99. The maximum atomic E-state index is 13.0. The molecule has 1 nitrogen and oxygen atoms in total. The third-order valence-electron chi connectivity index (χ3n) is 2.99. The summed E-state index contributed by atoms with van der Waals surface area (Å²) < 4.78 is 26.7. The van der Waals surface area contributed by atoms with Crippen molar-refractivity contribution in [3.05, 3.63) is 68.7 Å². The Morgan fingerprint density at radius 2 is 1.55 bits per heavy atom. The maximum Gasteiger partial charge on any atom is 0.124 e. The number of benzene rings is 2. The molecule has 0 heterocycles. The summed E-state index contributed by atoms with van der Waals surface area (Å²) in [4.78, 5) is 0. The lowest BCUT2D eigenvalue weighted by Gasteiger charge is -2.14. The Hall–Kier alpha value is -0.970. The van der Waals surface area contributed by atoms with Crippen molar-refractivity contribution < 1.29 is 8.78 Å². The molecule has 0 saturated heterocycles. The van der Waals surface area contributed by atoms with Crippen LogP contribution in [0.5, 0.6) is 0 Å². The number of rotatable bonds is 4. The van der Waals surface area contributed by atoms with Gasteiger partial charge in [0.15, 0.2) is 0 Å². The van der Waals surface area contributed by atoms with Gasteiger partial charge in [0.25, 0.3) is 0 Å². The predicted octanol–water partition coefficient (Wildman–Crippen LogP) is 4.49. The van der Waals surface area contributed by atoms with Gasteiger partial charge in [-0.15, -0.1) is 0 Å². The molecule has 0 spiro atoms. The smallest absolute Gasteiger partial charge is 0.124 e. The van der Waals surface area contributed by atoms with Gasteiger partial charge in [0, 0.05) is 15.5 Å². The summed E-state index contributed by atoms with van der Waals surface area (Å²) in [6.07, 6.45) is 1.11. The molecule has 2 aromatic rings. The summed E-state index contributed by atoms with van der Waals surface area (Å²) in [5.41, 5.74) is 7.82. The van der Waals surface area contributed by atoms with Crippen molar-refractivity contribution in [2.45, 2.75) is 18.9 Å². The number of hydrogen-bond donors (Lipinski definition) is 1. The minimum absolute atomic E-state index is 0.181. The standard InChI is InChI=1S/C15H13BrClF2N/c16-14-7-11(18)3-1-9(14)5-13(20)6-10-2-4-12(19)8-15(10)17/h1-4,7-8,13H,5-6,20H2. The molecule has 0 radical (unpaired) electrons. The van der Waals surface area contributed by atoms with Crippen LogP contribution >= 0.6 is 27.5 Å². The van der Waals surface area contributed by atoms with Crippen LogP contribution in [0.15, 0.2) is 40.9 Å². The first-order valence-electron chi connectivity index (χ1n) is 6.09. The maximum absolute atomic E-state index is 13.0. The monoisotopic (exact) mass is 359 g/mol. The molecule has 0 aliphatic rings. The van der Waals surface area contributed by atoms with Gasteiger partial charge in [-0.1, -0.05) is 39.7 Å². The Labute approximate surface area is 129 Å². The van der Waals surface area contributed by atoms with Crippen LogP contribution in [0.25, 0.3) is 0 Å². The second-order valence-corrected chi connectivity index (χ2v) is 5.90. The zero-order valence-corrected chi connectivity index (χ0v) is 12.9. The van der Waals surface area contributed by atoms with E-state index in [1.54, 1.807) is 12.1 Å². The van der Waals surface area contributed by atoms with E-state index in [2.05, 4.69) is 15.9 Å². The van der Waals surface area contributed by atoms with Gasteiger partial charge in [-0.2, -0.15) is 0 Å². The largest absolute Gasteiger partial charge is 0.327 e. The molecule has 0 amide bonds. The van der Waals surface area contributed by atoms with Crippen molar-refractivity contribution in [1.82, 2.24) is 0 Å². The van der Waals surface area contributed by atoms with Crippen LogP contribution in [0, 0.1) is 11.6 Å². The normalized spacial score (nSPS) is 12.4. The van der Waals surface area contributed by atoms with E-state index in [9.17, 15) is 8.78 Å². The highest BCUT2D eigenvalue weighted by Gasteiger charge is 2.11. The Morgan fingerprint density at radius 3 is 2.15 bits per heavy atom. The van der Waals surface area contributed by atoms with Gasteiger partial charge in [-0.05, 0) is 48.2 Å². The topological polar surface area (TPSA) is 26.0 Å². The first-order chi connectivity index (χ1) is 9.45. The Balaban J connectivity index is 2.07. The van der Waals surface area contributed by atoms with E-state index < -0.39 is 0 Å². The van der Waals surface area contributed by atoms with Gasteiger partial charge >= 0.3 is 0 Å². The molecule has 0 aliphatic carbocycles. The van der Waals surface area contributed by atoms with Crippen molar-refractivity contribution in [2.75, 3.05) is 0 Å². The Morgan fingerprint density at radius 1 is 1.00 bits per heavy atom. The zero-order chi connectivity index (χ0) is 14.7. The number of nitrogens with two attached hydrogens (primary N) is 1. The molecule has 0 aliphatic heterocycles. The number of halogens is 4. The lowest BCUT2D eigenvalue weighted by Crippen LogP contribution is -2.25. The van der Waals surface area contributed by atoms with Crippen LogP contribution in [0.3, 0.4) is 0 Å². The van der Waals surface area contributed by atoms with Crippen LogP contribution in [-0.4, -0.2) is 6.04 Å².